The van der Waals surface area contributed by atoms with Gasteiger partial charge in [-0.2, -0.15) is 0 Å². The Hall–Kier alpha value is -2.69. The van der Waals surface area contributed by atoms with E-state index in [-0.39, 0.29) is 5.78 Å². The van der Waals surface area contributed by atoms with Crippen molar-refractivity contribution in [1.82, 2.24) is 0 Å². The van der Waals surface area contributed by atoms with Gasteiger partial charge in [-0.15, -0.1) is 0 Å². The van der Waals surface area contributed by atoms with E-state index >= 15 is 0 Å². The molecule has 1 heterocycles. The van der Waals surface area contributed by atoms with Gasteiger partial charge in [0.15, 0.2) is 5.54 Å². The number of anilines is 1. The molecule has 0 radical (unpaired) electrons. The number of Topliss-reactive ketones (excluding diaryl/α,β-unsaturated/α-hetero) is 1. The second-order valence-corrected chi connectivity index (χ2v) is 5.26. The third-order valence-electron chi connectivity index (χ3n) is 3.82. The number of nitro groups is 1. The fraction of sp³-hybridized carbons (Fsp3) is 0.188. The van der Waals surface area contributed by atoms with Crippen molar-refractivity contribution >= 4 is 11.5 Å². The molecule has 2 aromatic rings. The van der Waals surface area contributed by atoms with Gasteiger partial charge in [-0.3, -0.25) is 14.9 Å². The van der Waals surface area contributed by atoms with Crippen LogP contribution in [0.3, 0.4) is 0 Å². The lowest BCUT2D eigenvalue weighted by Crippen LogP contribution is -2.45. The van der Waals surface area contributed by atoms with Gasteiger partial charge in [0.2, 0.25) is 12.3 Å². The lowest BCUT2D eigenvalue weighted by atomic mass is 9.85. The van der Waals surface area contributed by atoms with Crippen LogP contribution in [0.25, 0.3) is 0 Å². The van der Waals surface area contributed by atoms with Crippen LogP contribution in [0.4, 0.5) is 5.69 Å². The topological polar surface area (TPSA) is 72.2 Å². The van der Waals surface area contributed by atoms with Crippen LogP contribution in [-0.4, -0.2) is 17.3 Å². The van der Waals surface area contributed by atoms with Crippen molar-refractivity contribution in [3.8, 4) is 0 Å². The molecule has 0 spiro atoms. The first-order valence-corrected chi connectivity index (χ1v) is 6.64. The molecule has 0 saturated carbocycles. The number of nitrogens with one attached hydrogen (secondary N) is 1. The molecule has 1 atom stereocenters. The van der Waals surface area contributed by atoms with E-state index in [4.69, 9.17) is 0 Å². The molecule has 1 aliphatic heterocycles. The van der Waals surface area contributed by atoms with Gasteiger partial charge in [-0.25, -0.2) is 0 Å². The number of para-hydroxylation sites is 1. The molecule has 1 N–H and O–H groups in total. The third-order valence-corrected chi connectivity index (χ3v) is 3.82. The zero-order valence-electron chi connectivity index (χ0n) is 11.5. The summed E-state index contributed by atoms with van der Waals surface area (Å²) < 4.78 is 0. The van der Waals surface area contributed by atoms with Crippen molar-refractivity contribution in [3.63, 3.8) is 0 Å². The number of aryl methyl sites for hydroxylation is 1. The van der Waals surface area contributed by atoms with Gasteiger partial charge >= 0.3 is 0 Å². The van der Waals surface area contributed by atoms with Crippen LogP contribution in [0.1, 0.15) is 21.5 Å². The highest BCUT2D eigenvalue weighted by Gasteiger charge is 2.50. The summed E-state index contributed by atoms with van der Waals surface area (Å²) in [6.07, 6.45) is 0. The Morgan fingerprint density at radius 3 is 2.43 bits per heavy atom. The van der Waals surface area contributed by atoms with Gasteiger partial charge in [-0.05, 0) is 24.6 Å². The average molecular weight is 282 g/mol. The van der Waals surface area contributed by atoms with Gasteiger partial charge < -0.3 is 5.32 Å². The third kappa shape index (κ3) is 2.07. The molecule has 1 aliphatic rings. The minimum atomic E-state index is -1.32. The number of benzene rings is 2. The molecule has 0 unspecified atom stereocenters. The number of nitrogens with zero attached hydrogens (tertiary/aromatic N) is 1. The Kier molecular flexibility index (Phi) is 2.97. The summed E-state index contributed by atoms with van der Waals surface area (Å²) in [7, 11) is 0. The van der Waals surface area contributed by atoms with Crippen molar-refractivity contribution in [1.29, 1.82) is 0 Å². The Morgan fingerprint density at radius 2 is 1.81 bits per heavy atom. The summed E-state index contributed by atoms with van der Waals surface area (Å²) in [6, 6.07) is 14.3. The van der Waals surface area contributed by atoms with Crippen LogP contribution < -0.4 is 5.32 Å². The molecular formula is C16H14N2O3. The number of carbonyl (C=O) groups excluding carboxylic acids is 1. The van der Waals surface area contributed by atoms with Crippen molar-refractivity contribution in [2.24, 2.45) is 0 Å². The molecule has 2 aromatic carbocycles. The number of hydrogen-bond donors (Lipinski definition) is 1. The number of hydrogen-bond acceptors (Lipinski definition) is 4. The summed E-state index contributed by atoms with van der Waals surface area (Å²) in [5.41, 5.74) is 1.48. The summed E-state index contributed by atoms with van der Waals surface area (Å²) in [4.78, 5) is 23.4. The van der Waals surface area contributed by atoms with Crippen molar-refractivity contribution in [2.75, 3.05) is 11.9 Å². The second-order valence-electron chi connectivity index (χ2n) is 5.26. The van der Waals surface area contributed by atoms with E-state index in [1.807, 2.05) is 19.1 Å². The summed E-state index contributed by atoms with van der Waals surface area (Å²) >= 11 is 0. The zero-order valence-corrected chi connectivity index (χ0v) is 11.5. The minimum absolute atomic E-state index is 0.251. The first kappa shape index (κ1) is 13.3. The molecule has 0 aliphatic carbocycles. The molecule has 0 fully saturated rings. The van der Waals surface area contributed by atoms with Crippen LogP contribution in [-0.2, 0) is 5.54 Å². The molecule has 0 aromatic heterocycles. The monoisotopic (exact) mass is 282 g/mol. The zero-order chi connectivity index (χ0) is 15.0. The van der Waals surface area contributed by atoms with E-state index in [0.717, 1.165) is 5.56 Å². The highest BCUT2D eigenvalue weighted by atomic mass is 16.6. The normalized spacial score (nSPS) is 20.0. The first-order chi connectivity index (χ1) is 10.0. The molecule has 0 saturated heterocycles. The van der Waals surface area contributed by atoms with Gasteiger partial charge in [0.1, 0.15) is 0 Å². The van der Waals surface area contributed by atoms with Crippen molar-refractivity contribution in [3.05, 3.63) is 75.3 Å². The van der Waals surface area contributed by atoms with Crippen LogP contribution in [0.5, 0.6) is 0 Å². The van der Waals surface area contributed by atoms with E-state index in [1.54, 1.807) is 36.4 Å². The standard InChI is InChI=1S/C16H14N2O3/c1-11-6-8-12(9-7-11)16(10-18(20)21)15(19)13-4-2-3-5-14(13)17-16/h2-9,17H,10H2,1H3/t16-/m1/s1. The molecule has 0 amide bonds. The molecule has 3 rings (SSSR count). The summed E-state index contributed by atoms with van der Waals surface area (Å²) in [5.74, 6) is -0.251. The van der Waals surface area contributed by atoms with Gasteiger partial charge in [0.25, 0.3) is 0 Å². The molecule has 5 heteroatoms. The van der Waals surface area contributed by atoms with Gasteiger partial charge in [-0.1, -0.05) is 42.0 Å². The summed E-state index contributed by atoms with van der Waals surface area (Å²) in [5, 5.41) is 14.2. The van der Waals surface area contributed by atoms with E-state index in [0.29, 0.717) is 16.8 Å². The maximum atomic E-state index is 12.8. The quantitative estimate of drug-likeness (QED) is 0.694. The van der Waals surface area contributed by atoms with Crippen LogP contribution in [0.2, 0.25) is 0 Å². The van der Waals surface area contributed by atoms with E-state index < -0.39 is 17.0 Å². The Bertz CT molecular complexity index is 725. The number of carbonyl (C=O) groups is 1. The SMILES string of the molecule is Cc1ccc([C@@]2(C[N+](=O)[O-])Nc3ccccc3C2=O)cc1. The second kappa shape index (κ2) is 4.70. The molecule has 5 nitrogen and oxygen atoms in total. The molecule has 21 heavy (non-hydrogen) atoms. The Morgan fingerprint density at radius 1 is 1.14 bits per heavy atom. The highest BCUT2D eigenvalue weighted by Crippen LogP contribution is 2.39. The van der Waals surface area contributed by atoms with Crippen molar-refractivity contribution in [2.45, 2.75) is 12.5 Å². The van der Waals surface area contributed by atoms with Gasteiger partial charge in [0.05, 0.1) is 0 Å². The first-order valence-electron chi connectivity index (χ1n) is 6.64. The highest BCUT2D eigenvalue weighted by molar-refractivity contribution is 6.13. The Labute approximate surface area is 121 Å². The Balaban J connectivity index is 2.14. The van der Waals surface area contributed by atoms with Crippen LogP contribution >= 0.6 is 0 Å². The molecule has 106 valence electrons. The van der Waals surface area contributed by atoms with Crippen LogP contribution in [0.15, 0.2) is 48.5 Å². The fourth-order valence-corrected chi connectivity index (χ4v) is 2.74. The lowest BCUT2D eigenvalue weighted by Gasteiger charge is -2.25. The number of ketones is 1. The van der Waals surface area contributed by atoms with Gasteiger partial charge in [0, 0.05) is 16.2 Å². The largest absolute Gasteiger partial charge is 0.363 e. The summed E-state index contributed by atoms with van der Waals surface area (Å²) in [6.45, 7) is 1.45. The molecular weight excluding hydrogens is 268 g/mol. The van der Waals surface area contributed by atoms with E-state index in [1.165, 1.54) is 0 Å². The minimum Gasteiger partial charge on any atom is -0.363 e. The fourth-order valence-electron chi connectivity index (χ4n) is 2.74. The number of rotatable bonds is 3. The predicted molar refractivity (Wildman–Crippen MR) is 79.1 cm³/mol. The smallest absolute Gasteiger partial charge is 0.238 e. The molecule has 0 bridgehead atoms. The van der Waals surface area contributed by atoms with Crippen LogP contribution in [0, 0.1) is 17.0 Å². The predicted octanol–water partition coefficient (Wildman–Crippen LogP) is 2.78. The lowest BCUT2D eigenvalue weighted by molar-refractivity contribution is -0.486. The maximum Gasteiger partial charge on any atom is 0.238 e. The van der Waals surface area contributed by atoms with E-state index in [9.17, 15) is 14.9 Å². The van der Waals surface area contributed by atoms with E-state index in [2.05, 4.69) is 5.32 Å². The maximum absolute atomic E-state index is 12.8. The average Bonchev–Trinajstić information content (AvgIpc) is 2.73. The van der Waals surface area contributed by atoms with Crippen molar-refractivity contribution < 1.29 is 9.72 Å². The number of fused-ring (bicyclic) bond motifs is 1.